The number of benzene rings is 2. The molecule has 1 unspecified atom stereocenters. The molecule has 0 spiro atoms. The van der Waals surface area contributed by atoms with E-state index in [2.05, 4.69) is 5.43 Å². The minimum absolute atomic E-state index is 0.204. The maximum Gasteiger partial charge on any atom is 0.126 e. The minimum Gasteiger partial charge on any atom is -0.271 e. The van der Waals surface area contributed by atoms with Crippen molar-refractivity contribution < 1.29 is 8.78 Å². The van der Waals surface area contributed by atoms with Crippen LogP contribution in [0, 0.1) is 11.6 Å². The topological polar surface area (TPSA) is 38.0 Å². The van der Waals surface area contributed by atoms with E-state index in [0.717, 1.165) is 5.56 Å². The number of nitrogens with one attached hydrogen (secondary N) is 1. The number of halogens is 3. The summed E-state index contributed by atoms with van der Waals surface area (Å²) in [7, 11) is 0. The molecule has 0 bridgehead atoms. The minimum atomic E-state index is -0.325. The second-order valence-electron chi connectivity index (χ2n) is 4.64. The normalized spacial score (nSPS) is 12.4. The van der Waals surface area contributed by atoms with Crippen LogP contribution in [0.25, 0.3) is 0 Å². The average Bonchev–Trinajstić information content (AvgIpc) is 2.42. The van der Waals surface area contributed by atoms with Crippen molar-refractivity contribution in [3.63, 3.8) is 0 Å². The van der Waals surface area contributed by atoms with Crippen molar-refractivity contribution in [1.29, 1.82) is 0 Å². The van der Waals surface area contributed by atoms with Crippen molar-refractivity contribution >= 4 is 11.6 Å². The Bertz CT molecular complexity index is 590. The van der Waals surface area contributed by atoms with E-state index in [1.54, 1.807) is 12.1 Å². The number of hydrazine groups is 1. The van der Waals surface area contributed by atoms with Gasteiger partial charge in [-0.3, -0.25) is 11.3 Å². The van der Waals surface area contributed by atoms with Crippen molar-refractivity contribution in [3.8, 4) is 0 Å². The quantitative estimate of drug-likeness (QED) is 0.657. The fraction of sp³-hybridized carbons (Fsp3) is 0.200. The first-order valence-electron chi connectivity index (χ1n) is 6.23. The van der Waals surface area contributed by atoms with Crippen LogP contribution in [0.15, 0.2) is 42.5 Å². The van der Waals surface area contributed by atoms with Gasteiger partial charge in [-0.05, 0) is 54.3 Å². The van der Waals surface area contributed by atoms with Crippen LogP contribution in [0.5, 0.6) is 0 Å². The largest absolute Gasteiger partial charge is 0.271 e. The van der Waals surface area contributed by atoms with Gasteiger partial charge in [-0.15, -0.1) is 0 Å². The molecule has 5 heteroatoms. The summed E-state index contributed by atoms with van der Waals surface area (Å²) in [5, 5.41) is 0.475. The Morgan fingerprint density at radius 1 is 1.10 bits per heavy atom. The first kappa shape index (κ1) is 14.9. The molecule has 2 aromatic carbocycles. The number of nitrogens with two attached hydrogens (primary N) is 1. The van der Waals surface area contributed by atoms with Crippen molar-refractivity contribution in [1.82, 2.24) is 5.43 Å². The number of rotatable bonds is 5. The van der Waals surface area contributed by atoms with Crippen molar-refractivity contribution in [2.75, 3.05) is 0 Å². The van der Waals surface area contributed by atoms with Gasteiger partial charge in [0.25, 0.3) is 0 Å². The van der Waals surface area contributed by atoms with E-state index in [0.29, 0.717) is 23.4 Å². The summed E-state index contributed by atoms with van der Waals surface area (Å²) in [4.78, 5) is 0. The molecule has 0 amide bonds. The van der Waals surface area contributed by atoms with Gasteiger partial charge in [-0.25, -0.2) is 8.78 Å². The molecule has 106 valence electrons. The Morgan fingerprint density at radius 2 is 1.90 bits per heavy atom. The molecule has 0 fully saturated rings. The standard InChI is InChI=1S/C15H15ClF2N2/c16-12-4-5-15(18)11(8-12)9-14(20-19)7-10-2-1-3-13(17)6-10/h1-6,8,14,20H,7,9,19H2. The predicted molar refractivity (Wildman–Crippen MR) is 76.3 cm³/mol. The molecular weight excluding hydrogens is 282 g/mol. The van der Waals surface area contributed by atoms with Gasteiger partial charge in [0.1, 0.15) is 11.6 Å². The lowest BCUT2D eigenvalue weighted by Gasteiger charge is -2.16. The zero-order chi connectivity index (χ0) is 14.5. The highest BCUT2D eigenvalue weighted by Gasteiger charge is 2.12. The fourth-order valence-electron chi connectivity index (χ4n) is 2.10. The second-order valence-corrected chi connectivity index (χ2v) is 5.07. The summed E-state index contributed by atoms with van der Waals surface area (Å²) in [6.45, 7) is 0. The zero-order valence-corrected chi connectivity index (χ0v) is 11.5. The third-order valence-corrected chi connectivity index (χ3v) is 3.32. The maximum absolute atomic E-state index is 13.7. The van der Waals surface area contributed by atoms with Crippen molar-refractivity contribution in [2.45, 2.75) is 18.9 Å². The second kappa shape index (κ2) is 6.79. The van der Waals surface area contributed by atoms with Crippen molar-refractivity contribution in [3.05, 3.63) is 70.2 Å². The summed E-state index contributed by atoms with van der Waals surface area (Å²) >= 11 is 5.86. The van der Waals surface area contributed by atoms with E-state index >= 15 is 0 Å². The van der Waals surface area contributed by atoms with Crippen LogP contribution in [-0.2, 0) is 12.8 Å². The first-order chi connectivity index (χ1) is 9.58. The maximum atomic E-state index is 13.7. The Balaban J connectivity index is 2.11. The van der Waals surface area contributed by atoms with Crippen LogP contribution < -0.4 is 11.3 Å². The van der Waals surface area contributed by atoms with Crippen LogP contribution in [0.1, 0.15) is 11.1 Å². The summed E-state index contributed by atoms with van der Waals surface area (Å²) in [6.07, 6.45) is 0.875. The molecule has 0 aliphatic heterocycles. The SMILES string of the molecule is NNC(Cc1cccc(F)c1)Cc1cc(Cl)ccc1F. The molecule has 2 aromatic rings. The highest BCUT2D eigenvalue weighted by atomic mass is 35.5. The third kappa shape index (κ3) is 4.00. The van der Waals surface area contributed by atoms with E-state index in [-0.39, 0.29) is 17.7 Å². The molecule has 0 aromatic heterocycles. The van der Waals surface area contributed by atoms with E-state index in [1.165, 1.54) is 24.3 Å². The zero-order valence-electron chi connectivity index (χ0n) is 10.7. The first-order valence-corrected chi connectivity index (χ1v) is 6.61. The molecule has 1 atom stereocenters. The van der Waals surface area contributed by atoms with E-state index in [4.69, 9.17) is 17.4 Å². The molecule has 3 N–H and O–H groups in total. The Morgan fingerprint density at radius 3 is 2.60 bits per heavy atom. The smallest absolute Gasteiger partial charge is 0.126 e. The Hall–Kier alpha value is -1.49. The lowest BCUT2D eigenvalue weighted by atomic mass is 9.99. The molecule has 0 saturated carbocycles. The Kier molecular flexibility index (Phi) is 5.06. The summed E-state index contributed by atoms with van der Waals surface area (Å²) in [5.41, 5.74) is 3.92. The van der Waals surface area contributed by atoms with E-state index in [1.807, 2.05) is 6.07 Å². The van der Waals surface area contributed by atoms with Gasteiger partial charge in [-0.1, -0.05) is 23.7 Å². The predicted octanol–water partition coefficient (Wildman–Crippen LogP) is 3.24. The molecule has 0 aliphatic rings. The van der Waals surface area contributed by atoms with E-state index in [9.17, 15) is 8.78 Å². The molecule has 0 saturated heterocycles. The van der Waals surface area contributed by atoms with E-state index < -0.39 is 0 Å². The molecular formula is C15H15ClF2N2. The fourth-order valence-corrected chi connectivity index (χ4v) is 2.30. The lowest BCUT2D eigenvalue weighted by Crippen LogP contribution is -2.38. The highest BCUT2D eigenvalue weighted by molar-refractivity contribution is 6.30. The number of hydrogen-bond donors (Lipinski definition) is 2. The van der Waals surface area contributed by atoms with Gasteiger partial charge in [0.2, 0.25) is 0 Å². The van der Waals surface area contributed by atoms with Gasteiger partial charge < -0.3 is 0 Å². The Labute approximate surface area is 121 Å². The number of hydrogen-bond acceptors (Lipinski definition) is 2. The van der Waals surface area contributed by atoms with Crippen LogP contribution >= 0.6 is 11.6 Å². The molecule has 2 nitrogen and oxygen atoms in total. The van der Waals surface area contributed by atoms with Crippen LogP contribution in [0.2, 0.25) is 5.02 Å². The monoisotopic (exact) mass is 296 g/mol. The highest BCUT2D eigenvalue weighted by Crippen LogP contribution is 2.17. The van der Waals surface area contributed by atoms with Crippen molar-refractivity contribution in [2.24, 2.45) is 5.84 Å². The summed E-state index contributed by atoms with van der Waals surface area (Å²) < 4.78 is 26.8. The van der Waals surface area contributed by atoms with Crippen LogP contribution in [-0.4, -0.2) is 6.04 Å². The summed E-state index contributed by atoms with van der Waals surface area (Å²) in [6, 6.07) is 10.5. The molecule has 0 heterocycles. The van der Waals surface area contributed by atoms with Crippen LogP contribution in [0.3, 0.4) is 0 Å². The average molecular weight is 297 g/mol. The van der Waals surface area contributed by atoms with Gasteiger partial charge in [0.05, 0.1) is 0 Å². The summed E-state index contributed by atoms with van der Waals surface area (Å²) in [5.74, 6) is 4.87. The van der Waals surface area contributed by atoms with Gasteiger partial charge in [0.15, 0.2) is 0 Å². The lowest BCUT2D eigenvalue weighted by molar-refractivity contribution is 0.505. The van der Waals surface area contributed by atoms with Gasteiger partial charge >= 0.3 is 0 Å². The van der Waals surface area contributed by atoms with Gasteiger partial charge in [0, 0.05) is 11.1 Å². The van der Waals surface area contributed by atoms with Crippen LogP contribution in [0.4, 0.5) is 8.78 Å². The molecule has 20 heavy (non-hydrogen) atoms. The molecule has 2 rings (SSSR count). The molecule has 0 radical (unpaired) electrons. The molecule has 0 aliphatic carbocycles. The van der Waals surface area contributed by atoms with Gasteiger partial charge in [-0.2, -0.15) is 0 Å². The third-order valence-electron chi connectivity index (χ3n) is 3.08.